The highest BCUT2D eigenvalue weighted by atomic mass is 35.5. The van der Waals surface area contributed by atoms with Gasteiger partial charge in [0.15, 0.2) is 23.1 Å². The van der Waals surface area contributed by atoms with Gasteiger partial charge in [0.1, 0.15) is 5.82 Å². The summed E-state index contributed by atoms with van der Waals surface area (Å²) in [5, 5.41) is 3.05. The molecule has 0 unspecified atom stereocenters. The Morgan fingerprint density at radius 3 is 2.57 bits per heavy atom. The van der Waals surface area contributed by atoms with Crippen molar-refractivity contribution in [3.8, 4) is 11.5 Å². The second-order valence-electron chi connectivity index (χ2n) is 4.41. The number of fused-ring (bicyclic) bond motifs is 1. The zero-order chi connectivity index (χ0) is 15.0. The molecule has 0 bridgehead atoms. The average Bonchev–Trinajstić information content (AvgIpc) is 2.90. The highest BCUT2D eigenvalue weighted by Gasteiger charge is 2.18. The topological polar surface area (TPSA) is 30.5 Å². The van der Waals surface area contributed by atoms with Crippen LogP contribution in [0.1, 0.15) is 5.56 Å². The molecule has 3 rings (SSSR count). The van der Waals surface area contributed by atoms with E-state index in [0.29, 0.717) is 28.2 Å². The number of hydrogen-bond donors (Lipinski definition) is 1. The van der Waals surface area contributed by atoms with Gasteiger partial charge < -0.3 is 14.8 Å². The van der Waals surface area contributed by atoms with Crippen molar-refractivity contribution in [2.45, 2.75) is 6.54 Å². The zero-order valence-corrected chi connectivity index (χ0v) is 11.3. The quantitative estimate of drug-likeness (QED) is 0.865. The summed E-state index contributed by atoms with van der Waals surface area (Å²) < 4.78 is 49.8. The number of hydrogen-bond acceptors (Lipinski definition) is 3. The molecule has 0 saturated carbocycles. The van der Waals surface area contributed by atoms with Crippen molar-refractivity contribution in [3.63, 3.8) is 0 Å². The molecule has 3 nitrogen and oxygen atoms in total. The predicted molar refractivity (Wildman–Crippen MR) is 71.2 cm³/mol. The Balaban J connectivity index is 1.79. The van der Waals surface area contributed by atoms with E-state index in [1.165, 1.54) is 0 Å². The Morgan fingerprint density at radius 2 is 1.76 bits per heavy atom. The summed E-state index contributed by atoms with van der Waals surface area (Å²) >= 11 is 6.02. The molecule has 1 aliphatic rings. The summed E-state index contributed by atoms with van der Waals surface area (Å²) in [4.78, 5) is 0. The van der Waals surface area contributed by atoms with E-state index in [-0.39, 0.29) is 19.0 Å². The summed E-state index contributed by atoms with van der Waals surface area (Å²) in [6, 6.07) is 4.56. The molecule has 1 aliphatic heterocycles. The normalized spacial score (nSPS) is 12.6. The molecule has 2 aromatic carbocycles. The van der Waals surface area contributed by atoms with E-state index in [4.69, 9.17) is 21.1 Å². The van der Waals surface area contributed by atoms with E-state index in [0.717, 1.165) is 6.07 Å². The number of benzene rings is 2. The lowest BCUT2D eigenvalue weighted by molar-refractivity contribution is 0.174. The van der Waals surface area contributed by atoms with E-state index >= 15 is 0 Å². The lowest BCUT2D eigenvalue weighted by Crippen LogP contribution is -2.03. The van der Waals surface area contributed by atoms with Crippen molar-refractivity contribution < 1.29 is 22.6 Å². The Labute approximate surface area is 123 Å². The summed E-state index contributed by atoms with van der Waals surface area (Å²) in [7, 11) is 0. The van der Waals surface area contributed by atoms with Crippen LogP contribution in [-0.2, 0) is 6.54 Å². The minimum absolute atomic E-state index is 0.0870. The van der Waals surface area contributed by atoms with Gasteiger partial charge in [-0.25, -0.2) is 13.2 Å². The van der Waals surface area contributed by atoms with Crippen LogP contribution in [0.5, 0.6) is 11.5 Å². The Hall–Kier alpha value is -2.08. The second kappa shape index (κ2) is 5.37. The van der Waals surface area contributed by atoms with Gasteiger partial charge in [-0.2, -0.15) is 0 Å². The molecule has 0 spiro atoms. The van der Waals surface area contributed by atoms with E-state index in [9.17, 15) is 13.2 Å². The Bertz CT molecular complexity index is 709. The van der Waals surface area contributed by atoms with Gasteiger partial charge >= 0.3 is 0 Å². The van der Waals surface area contributed by atoms with Crippen LogP contribution in [0.2, 0.25) is 5.02 Å². The fourth-order valence-corrected chi connectivity index (χ4v) is 2.27. The molecular formula is C14H9ClF3NO2. The van der Waals surface area contributed by atoms with Gasteiger partial charge in [0, 0.05) is 18.7 Å². The molecule has 0 aromatic heterocycles. The predicted octanol–water partition coefficient (Wildman–Crippen LogP) is 4.10. The van der Waals surface area contributed by atoms with Crippen LogP contribution in [0, 0.1) is 17.5 Å². The summed E-state index contributed by atoms with van der Waals surface area (Å²) in [5.74, 6) is -2.28. The SMILES string of the molecule is Fc1cc(F)c(NCc2cc(Cl)c3c(c2)OCO3)cc1F. The van der Waals surface area contributed by atoms with Crippen LogP contribution in [0.15, 0.2) is 24.3 Å². The molecule has 0 atom stereocenters. The van der Waals surface area contributed by atoms with Crippen LogP contribution in [-0.4, -0.2) is 6.79 Å². The number of anilines is 1. The number of ether oxygens (including phenoxy) is 2. The molecule has 110 valence electrons. The highest BCUT2D eigenvalue weighted by Crippen LogP contribution is 2.39. The first kappa shape index (κ1) is 13.9. The molecule has 0 fully saturated rings. The van der Waals surface area contributed by atoms with Gasteiger partial charge in [0.05, 0.1) is 10.7 Å². The van der Waals surface area contributed by atoms with Crippen molar-refractivity contribution in [2.75, 3.05) is 12.1 Å². The third kappa shape index (κ3) is 2.71. The van der Waals surface area contributed by atoms with Crippen molar-refractivity contribution in [2.24, 2.45) is 0 Å². The van der Waals surface area contributed by atoms with Crippen molar-refractivity contribution in [1.29, 1.82) is 0 Å². The maximum absolute atomic E-state index is 13.5. The van der Waals surface area contributed by atoms with Gasteiger partial charge in [0.25, 0.3) is 0 Å². The minimum atomic E-state index is -1.23. The summed E-state index contributed by atoms with van der Waals surface area (Å²) in [6.45, 7) is 0.252. The molecule has 0 aliphatic carbocycles. The fourth-order valence-electron chi connectivity index (χ4n) is 1.98. The first-order valence-corrected chi connectivity index (χ1v) is 6.39. The monoisotopic (exact) mass is 315 g/mol. The lowest BCUT2D eigenvalue weighted by Gasteiger charge is -2.09. The first-order valence-electron chi connectivity index (χ1n) is 6.01. The summed E-state index contributed by atoms with van der Waals surface area (Å²) in [6.07, 6.45) is 0. The molecule has 7 heteroatoms. The molecule has 0 saturated heterocycles. The number of halogens is 4. The average molecular weight is 316 g/mol. The zero-order valence-electron chi connectivity index (χ0n) is 10.6. The van der Waals surface area contributed by atoms with Crippen molar-refractivity contribution in [1.82, 2.24) is 0 Å². The van der Waals surface area contributed by atoms with Gasteiger partial charge in [-0.05, 0) is 17.7 Å². The van der Waals surface area contributed by atoms with Crippen LogP contribution in [0.25, 0.3) is 0 Å². The Kier molecular flexibility index (Phi) is 3.55. The van der Waals surface area contributed by atoms with Crippen LogP contribution in [0.3, 0.4) is 0 Å². The maximum atomic E-state index is 13.5. The van der Waals surface area contributed by atoms with Crippen molar-refractivity contribution >= 4 is 17.3 Å². The van der Waals surface area contributed by atoms with Gasteiger partial charge in [-0.15, -0.1) is 0 Å². The summed E-state index contributed by atoms with van der Waals surface area (Å²) in [5.41, 5.74) is 0.552. The van der Waals surface area contributed by atoms with Crippen molar-refractivity contribution in [3.05, 3.63) is 52.3 Å². The standard InChI is InChI=1S/C14H9ClF3NO2/c15-8-1-7(2-13-14(8)21-6-20-13)5-19-12-4-10(17)9(16)3-11(12)18/h1-4,19H,5-6H2. The highest BCUT2D eigenvalue weighted by molar-refractivity contribution is 6.32. The van der Waals surface area contributed by atoms with E-state index in [2.05, 4.69) is 5.32 Å². The minimum Gasteiger partial charge on any atom is -0.454 e. The van der Waals surface area contributed by atoms with Crippen LogP contribution in [0.4, 0.5) is 18.9 Å². The van der Waals surface area contributed by atoms with Gasteiger partial charge in [-0.3, -0.25) is 0 Å². The van der Waals surface area contributed by atoms with Crippen LogP contribution >= 0.6 is 11.6 Å². The maximum Gasteiger partial charge on any atom is 0.231 e. The molecule has 0 radical (unpaired) electrons. The first-order chi connectivity index (χ1) is 10.0. The third-order valence-corrected chi connectivity index (χ3v) is 3.26. The van der Waals surface area contributed by atoms with Gasteiger partial charge in [-0.1, -0.05) is 11.6 Å². The fraction of sp³-hybridized carbons (Fsp3) is 0.143. The molecule has 1 heterocycles. The number of rotatable bonds is 3. The molecule has 21 heavy (non-hydrogen) atoms. The van der Waals surface area contributed by atoms with Gasteiger partial charge in [0.2, 0.25) is 6.79 Å². The van der Waals surface area contributed by atoms with E-state index in [1.54, 1.807) is 12.1 Å². The molecule has 2 aromatic rings. The molecular weight excluding hydrogens is 307 g/mol. The Morgan fingerprint density at radius 1 is 1.00 bits per heavy atom. The van der Waals surface area contributed by atoms with E-state index in [1.807, 2.05) is 0 Å². The second-order valence-corrected chi connectivity index (χ2v) is 4.82. The largest absolute Gasteiger partial charge is 0.454 e. The van der Waals surface area contributed by atoms with Crippen LogP contribution < -0.4 is 14.8 Å². The molecule has 1 N–H and O–H groups in total. The molecule has 0 amide bonds. The number of nitrogens with one attached hydrogen (secondary N) is 1. The van der Waals surface area contributed by atoms with E-state index < -0.39 is 17.5 Å². The smallest absolute Gasteiger partial charge is 0.231 e. The lowest BCUT2D eigenvalue weighted by atomic mass is 10.2. The third-order valence-electron chi connectivity index (χ3n) is 2.98.